The van der Waals surface area contributed by atoms with Crippen LogP contribution in [0, 0.1) is 3.95 Å². The van der Waals surface area contributed by atoms with Gasteiger partial charge in [-0.15, -0.1) is 11.3 Å². The average Bonchev–Trinajstić information content (AvgIpc) is 2.86. The smallest absolute Gasteiger partial charge is 0.181 e. The van der Waals surface area contributed by atoms with Crippen molar-refractivity contribution in [2.75, 3.05) is 13.3 Å². The molecule has 0 spiro atoms. The number of halogens is 1. The van der Waals surface area contributed by atoms with Gasteiger partial charge in [0.25, 0.3) is 0 Å². The first-order valence-corrected chi connectivity index (χ1v) is 9.19. The number of hydrogen-bond acceptors (Lipinski definition) is 6. The zero-order chi connectivity index (χ0) is 13.1. The molecule has 0 saturated heterocycles. The highest BCUT2D eigenvalue weighted by molar-refractivity contribution is 9.11. The van der Waals surface area contributed by atoms with Gasteiger partial charge in [0.15, 0.2) is 8.29 Å². The SMILES string of the molecule is CSc1nn(CN(C)Cc2ccc(Br)s2)c(=S)s1. The van der Waals surface area contributed by atoms with Crippen LogP contribution in [0.3, 0.4) is 0 Å². The molecule has 0 aliphatic carbocycles. The molecule has 0 bridgehead atoms. The predicted molar refractivity (Wildman–Crippen MR) is 86.2 cm³/mol. The van der Waals surface area contributed by atoms with E-state index in [0.717, 1.165) is 21.5 Å². The molecule has 0 atom stereocenters. The molecule has 0 aliphatic heterocycles. The summed E-state index contributed by atoms with van der Waals surface area (Å²) >= 11 is 13.7. The van der Waals surface area contributed by atoms with Crippen LogP contribution in [0.15, 0.2) is 20.3 Å². The molecule has 2 rings (SSSR count). The van der Waals surface area contributed by atoms with Crippen LogP contribution in [-0.4, -0.2) is 28.0 Å². The number of rotatable bonds is 5. The molecular formula is C10H12BrN3S4. The van der Waals surface area contributed by atoms with Gasteiger partial charge in [-0.3, -0.25) is 4.90 Å². The molecule has 0 saturated carbocycles. The maximum atomic E-state index is 5.30. The topological polar surface area (TPSA) is 21.1 Å². The summed E-state index contributed by atoms with van der Waals surface area (Å²) in [4.78, 5) is 3.54. The van der Waals surface area contributed by atoms with Gasteiger partial charge in [-0.2, -0.15) is 5.10 Å². The third kappa shape index (κ3) is 3.88. The van der Waals surface area contributed by atoms with Crippen LogP contribution < -0.4 is 0 Å². The molecule has 98 valence electrons. The fourth-order valence-electron chi connectivity index (χ4n) is 1.44. The molecule has 18 heavy (non-hydrogen) atoms. The summed E-state index contributed by atoms with van der Waals surface area (Å²) < 4.78 is 4.90. The molecule has 2 aromatic rings. The Morgan fingerprint density at radius 1 is 1.50 bits per heavy atom. The third-order valence-corrected chi connectivity index (χ3v) is 6.08. The minimum atomic E-state index is 0.728. The van der Waals surface area contributed by atoms with Crippen LogP contribution in [0.1, 0.15) is 4.88 Å². The van der Waals surface area contributed by atoms with Crippen molar-refractivity contribution in [2.45, 2.75) is 17.6 Å². The Hall–Kier alpha value is 0.270. The van der Waals surface area contributed by atoms with Crippen molar-refractivity contribution in [3.05, 3.63) is 24.8 Å². The van der Waals surface area contributed by atoms with Crippen molar-refractivity contribution < 1.29 is 0 Å². The lowest BCUT2D eigenvalue weighted by atomic mass is 10.4. The normalized spacial score (nSPS) is 11.3. The molecule has 0 fully saturated rings. The zero-order valence-corrected chi connectivity index (χ0v) is 14.8. The van der Waals surface area contributed by atoms with E-state index in [9.17, 15) is 0 Å². The van der Waals surface area contributed by atoms with E-state index >= 15 is 0 Å². The van der Waals surface area contributed by atoms with E-state index in [0.29, 0.717) is 0 Å². The first-order chi connectivity index (χ1) is 8.58. The van der Waals surface area contributed by atoms with Gasteiger partial charge in [0.1, 0.15) is 0 Å². The van der Waals surface area contributed by atoms with Crippen LogP contribution in [0.4, 0.5) is 0 Å². The van der Waals surface area contributed by atoms with E-state index < -0.39 is 0 Å². The largest absolute Gasteiger partial charge is 0.282 e. The molecule has 8 heteroatoms. The molecule has 0 unspecified atom stereocenters. The lowest BCUT2D eigenvalue weighted by Gasteiger charge is -2.15. The summed E-state index contributed by atoms with van der Waals surface area (Å²) in [5.41, 5.74) is 0. The Bertz CT molecular complexity index is 574. The number of thioether (sulfide) groups is 1. The number of aromatic nitrogens is 2. The van der Waals surface area contributed by atoms with E-state index in [1.165, 1.54) is 8.66 Å². The van der Waals surface area contributed by atoms with Gasteiger partial charge in [-0.1, -0.05) is 23.1 Å². The van der Waals surface area contributed by atoms with Gasteiger partial charge < -0.3 is 0 Å². The fourth-order valence-corrected chi connectivity index (χ4v) is 4.74. The summed E-state index contributed by atoms with van der Waals surface area (Å²) in [6.07, 6.45) is 2.02. The predicted octanol–water partition coefficient (Wildman–Crippen LogP) is 4.31. The first-order valence-electron chi connectivity index (χ1n) is 5.13. The van der Waals surface area contributed by atoms with Gasteiger partial charge >= 0.3 is 0 Å². The van der Waals surface area contributed by atoms with Crippen LogP contribution in [0.25, 0.3) is 0 Å². The quantitative estimate of drug-likeness (QED) is 0.567. The molecule has 0 N–H and O–H groups in total. The first kappa shape index (κ1) is 14.7. The third-order valence-electron chi connectivity index (χ3n) is 2.19. The van der Waals surface area contributed by atoms with Crippen molar-refractivity contribution >= 4 is 62.6 Å². The highest BCUT2D eigenvalue weighted by atomic mass is 79.9. The minimum absolute atomic E-state index is 0.728. The Kier molecular flexibility index (Phi) is 5.40. The van der Waals surface area contributed by atoms with Gasteiger partial charge in [-0.05, 0) is 53.6 Å². The summed E-state index contributed by atoms with van der Waals surface area (Å²) in [6.45, 7) is 1.63. The molecule has 2 heterocycles. The summed E-state index contributed by atoms with van der Waals surface area (Å²) in [5.74, 6) is 0. The van der Waals surface area contributed by atoms with Gasteiger partial charge in [-0.25, -0.2) is 4.68 Å². The molecule has 3 nitrogen and oxygen atoms in total. The zero-order valence-electron chi connectivity index (χ0n) is 9.92. The fraction of sp³-hybridized carbons (Fsp3) is 0.400. The summed E-state index contributed by atoms with van der Waals surface area (Å²) in [5, 5.41) is 4.46. The average molecular weight is 382 g/mol. The highest BCUT2D eigenvalue weighted by Gasteiger charge is 2.07. The minimum Gasteiger partial charge on any atom is -0.282 e. The molecular weight excluding hydrogens is 370 g/mol. The van der Waals surface area contributed by atoms with Crippen LogP contribution in [-0.2, 0) is 13.2 Å². The van der Waals surface area contributed by atoms with Crippen molar-refractivity contribution in [1.29, 1.82) is 0 Å². The lowest BCUT2D eigenvalue weighted by molar-refractivity contribution is 0.245. The number of hydrogen-bond donors (Lipinski definition) is 0. The van der Waals surface area contributed by atoms with Gasteiger partial charge in [0, 0.05) is 11.4 Å². The Morgan fingerprint density at radius 2 is 2.28 bits per heavy atom. The Morgan fingerprint density at radius 3 is 2.83 bits per heavy atom. The molecule has 0 amide bonds. The van der Waals surface area contributed by atoms with Crippen molar-refractivity contribution in [3.8, 4) is 0 Å². The van der Waals surface area contributed by atoms with Crippen LogP contribution in [0.5, 0.6) is 0 Å². The maximum absolute atomic E-state index is 5.30. The van der Waals surface area contributed by atoms with E-state index in [1.807, 2.05) is 10.9 Å². The summed E-state index contributed by atoms with van der Waals surface area (Å²) in [7, 11) is 2.08. The molecule has 0 aliphatic rings. The van der Waals surface area contributed by atoms with E-state index in [2.05, 4.69) is 45.1 Å². The van der Waals surface area contributed by atoms with Gasteiger partial charge in [0.2, 0.25) is 0 Å². The van der Waals surface area contributed by atoms with Crippen LogP contribution >= 0.6 is 62.6 Å². The van der Waals surface area contributed by atoms with Crippen molar-refractivity contribution in [2.24, 2.45) is 0 Å². The van der Waals surface area contributed by atoms with Crippen LogP contribution in [0.2, 0.25) is 0 Å². The van der Waals surface area contributed by atoms with Gasteiger partial charge in [0.05, 0.1) is 10.5 Å². The monoisotopic (exact) mass is 381 g/mol. The number of nitrogens with zero attached hydrogens (tertiary/aromatic N) is 3. The second-order valence-electron chi connectivity index (χ2n) is 3.70. The Labute approximate surface area is 132 Å². The van der Waals surface area contributed by atoms with E-state index in [-0.39, 0.29) is 0 Å². The highest BCUT2D eigenvalue weighted by Crippen LogP contribution is 2.23. The van der Waals surface area contributed by atoms with Crippen molar-refractivity contribution in [1.82, 2.24) is 14.7 Å². The van der Waals surface area contributed by atoms with E-state index in [4.69, 9.17) is 12.2 Å². The standard InChI is InChI=1S/C10H12BrN3S4/c1-13(5-7-3-4-8(11)17-7)6-14-10(15)18-9(12-14)16-2/h3-4H,5-6H2,1-2H3. The summed E-state index contributed by atoms with van der Waals surface area (Å²) in [6, 6.07) is 4.22. The lowest BCUT2D eigenvalue weighted by Crippen LogP contribution is -2.21. The Balaban J connectivity index is 2.00. The second kappa shape index (κ2) is 6.62. The molecule has 2 aromatic heterocycles. The maximum Gasteiger partial charge on any atom is 0.181 e. The second-order valence-corrected chi connectivity index (χ2v) is 8.92. The molecule has 0 aromatic carbocycles. The van der Waals surface area contributed by atoms with Crippen molar-refractivity contribution in [3.63, 3.8) is 0 Å². The molecule has 0 radical (unpaired) electrons. The number of thiophene rings is 1. The van der Waals surface area contributed by atoms with E-state index in [1.54, 1.807) is 34.4 Å².